The van der Waals surface area contributed by atoms with Crippen molar-refractivity contribution in [2.45, 2.75) is 11.8 Å². The van der Waals surface area contributed by atoms with Crippen molar-refractivity contribution < 1.29 is 13.1 Å². The number of aryl methyl sites for hydroxylation is 1. The predicted octanol–water partition coefficient (Wildman–Crippen LogP) is 4.49. The second-order valence-electron chi connectivity index (χ2n) is 6.81. The van der Waals surface area contributed by atoms with Gasteiger partial charge in [-0.15, -0.1) is 11.3 Å². The third kappa shape index (κ3) is 4.06. The van der Waals surface area contributed by atoms with Crippen LogP contribution < -0.4 is 4.73 Å². The number of rotatable bonds is 4. The minimum Gasteiger partial charge on any atom is -0.619 e. The summed E-state index contributed by atoms with van der Waals surface area (Å²) < 4.78 is 24.2. The molecule has 2 heterocycles. The molecule has 29 heavy (non-hydrogen) atoms. The van der Waals surface area contributed by atoms with Crippen LogP contribution in [0.5, 0.6) is 0 Å². The van der Waals surface area contributed by atoms with Crippen LogP contribution in [-0.4, -0.2) is 19.7 Å². The number of aromatic nitrogens is 2. The number of hydrogen-bond acceptors (Lipinski definition) is 5. The summed E-state index contributed by atoms with van der Waals surface area (Å²) in [6.45, 7) is 2.03. The van der Waals surface area contributed by atoms with E-state index in [1.54, 1.807) is 36.4 Å². The van der Waals surface area contributed by atoms with Crippen molar-refractivity contribution >= 4 is 21.2 Å². The molecule has 0 spiro atoms. The van der Waals surface area contributed by atoms with E-state index in [-0.39, 0.29) is 4.90 Å². The zero-order valence-electron chi connectivity index (χ0n) is 15.9. The number of nitrogens with zero attached hydrogens (tertiary/aromatic N) is 2. The van der Waals surface area contributed by atoms with Gasteiger partial charge in [0.2, 0.25) is 0 Å². The van der Waals surface area contributed by atoms with E-state index < -0.39 is 9.84 Å². The van der Waals surface area contributed by atoms with Crippen LogP contribution in [0.1, 0.15) is 5.56 Å². The molecule has 0 aliphatic heterocycles. The second kappa shape index (κ2) is 7.42. The fourth-order valence-corrected chi connectivity index (χ4v) is 4.76. The Labute approximate surface area is 173 Å². The topological polar surface area (TPSA) is 74.0 Å². The quantitative estimate of drug-likeness (QED) is 0.359. The van der Waals surface area contributed by atoms with Crippen molar-refractivity contribution in [1.29, 1.82) is 0 Å². The Balaban J connectivity index is 1.86. The fourth-order valence-electron chi connectivity index (χ4n) is 3.04. The summed E-state index contributed by atoms with van der Waals surface area (Å²) in [5.41, 5.74) is 4.71. The Bertz CT molecular complexity index is 1280. The Morgan fingerprint density at radius 2 is 1.62 bits per heavy atom. The molecule has 0 saturated heterocycles. The van der Waals surface area contributed by atoms with E-state index in [2.05, 4.69) is 6.07 Å². The number of benzene rings is 2. The van der Waals surface area contributed by atoms with Gasteiger partial charge in [0.05, 0.1) is 15.5 Å². The maximum Gasteiger partial charge on any atom is 0.180 e. The molecule has 2 aromatic carbocycles. The first-order valence-corrected chi connectivity index (χ1v) is 11.6. The van der Waals surface area contributed by atoms with E-state index in [9.17, 15) is 13.6 Å². The smallest absolute Gasteiger partial charge is 0.180 e. The lowest BCUT2D eigenvalue weighted by molar-refractivity contribution is -0.605. The highest BCUT2D eigenvalue weighted by atomic mass is 32.2. The minimum atomic E-state index is -3.25. The van der Waals surface area contributed by atoms with E-state index in [0.29, 0.717) is 0 Å². The van der Waals surface area contributed by atoms with Gasteiger partial charge in [-0.05, 0) is 25.1 Å². The van der Waals surface area contributed by atoms with E-state index in [4.69, 9.17) is 4.98 Å². The van der Waals surface area contributed by atoms with Gasteiger partial charge in [-0.25, -0.2) is 13.4 Å². The molecule has 0 bridgehead atoms. The highest BCUT2D eigenvalue weighted by Gasteiger charge is 2.17. The van der Waals surface area contributed by atoms with Crippen LogP contribution in [0.4, 0.5) is 0 Å². The molecule has 4 rings (SSSR count). The molecule has 4 aromatic rings. The molecule has 7 heteroatoms. The Morgan fingerprint density at radius 3 is 2.24 bits per heavy atom. The van der Waals surface area contributed by atoms with Gasteiger partial charge in [0.25, 0.3) is 0 Å². The van der Waals surface area contributed by atoms with Crippen LogP contribution in [0, 0.1) is 12.1 Å². The second-order valence-corrected chi connectivity index (χ2v) is 9.82. The van der Waals surface area contributed by atoms with Crippen molar-refractivity contribution in [1.82, 2.24) is 4.98 Å². The normalized spacial score (nSPS) is 11.5. The summed E-state index contributed by atoms with van der Waals surface area (Å²) in [7, 11) is -3.25. The SMILES string of the molecule is Cc1cccc(-c2nc(-c3ccc(S(C)(=O)=O)cc3)sc2-c2cc[n+]([O-])cc2)c1. The molecule has 0 fully saturated rings. The summed E-state index contributed by atoms with van der Waals surface area (Å²) in [6, 6.07) is 18.4. The summed E-state index contributed by atoms with van der Waals surface area (Å²) in [4.78, 5) is 6.10. The monoisotopic (exact) mass is 422 g/mol. The van der Waals surface area contributed by atoms with Gasteiger partial charge in [-0.1, -0.05) is 35.9 Å². The summed E-state index contributed by atoms with van der Waals surface area (Å²) in [6.07, 6.45) is 4.13. The predicted molar refractivity (Wildman–Crippen MR) is 115 cm³/mol. The summed E-state index contributed by atoms with van der Waals surface area (Å²) >= 11 is 1.51. The van der Waals surface area contributed by atoms with E-state index in [0.717, 1.165) is 42.6 Å². The molecule has 0 aliphatic rings. The van der Waals surface area contributed by atoms with Crippen molar-refractivity contribution in [2.75, 3.05) is 6.26 Å². The molecule has 2 aromatic heterocycles. The number of thiazole rings is 1. The molecular formula is C22H18N2O3S2. The van der Waals surface area contributed by atoms with E-state index in [1.807, 2.05) is 25.1 Å². The lowest BCUT2D eigenvalue weighted by Gasteiger charge is -2.04. The van der Waals surface area contributed by atoms with Gasteiger partial charge >= 0.3 is 0 Å². The maximum atomic E-state index is 11.7. The van der Waals surface area contributed by atoms with Crippen LogP contribution in [0.3, 0.4) is 0 Å². The van der Waals surface area contributed by atoms with Crippen molar-refractivity contribution in [2.24, 2.45) is 0 Å². The third-order valence-corrected chi connectivity index (χ3v) is 6.79. The van der Waals surface area contributed by atoms with E-state index >= 15 is 0 Å². The van der Waals surface area contributed by atoms with Crippen LogP contribution in [0.2, 0.25) is 0 Å². The summed E-state index contributed by atoms with van der Waals surface area (Å²) in [5.74, 6) is 0. The van der Waals surface area contributed by atoms with Crippen molar-refractivity contribution in [3.63, 3.8) is 0 Å². The standard InChI is InChI=1S/C22H18N2O3S2/c1-15-4-3-5-18(14-15)20-21(16-10-12-24(25)13-11-16)28-22(23-20)17-6-8-19(9-7-17)29(2,26)27/h3-14H,1-2H3. The van der Waals surface area contributed by atoms with Gasteiger partial charge in [0.15, 0.2) is 22.2 Å². The van der Waals surface area contributed by atoms with Crippen LogP contribution in [-0.2, 0) is 9.84 Å². The lowest BCUT2D eigenvalue weighted by Crippen LogP contribution is -2.23. The molecule has 5 nitrogen and oxygen atoms in total. The van der Waals surface area contributed by atoms with Gasteiger partial charge in [0, 0.05) is 35.1 Å². The molecule has 0 saturated carbocycles. The maximum absolute atomic E-state index is 11.7. The fraction of sp³-hybridized carbons (Fsp3) is 0.0909. The highest BCUT2D eigenvalue weighted by molar-refractivity contribution is 7.90. The summed E-state index contributed by atoms with van der Waals surface area (Å²) in [5, 5.41) is 12.2. The number of pyridine rings is 1. The molecule has 146 valence electrons. The first kappa shape index (κ1) is 19.3. The van der Waals surface area contributed by atoms with Crippen molar-refractivity contribution in [3.8, 4) is 32.3 Å². The average Bonchev–Trinajstić information content (AvgIpc) is 3.13. The Morgan fingerprint density at radius 1 is 0.931 bits per heavy atom. The minimum absolute atomic E-state index is 0.278. The third-order valence-electron chi connectivity index (χ3n) is 4.51. The first-order chi connectivity index (χ1) is 13.8. The van der Waals surface area contributed by atoms with Crippen molar-refractivity contribution in [3.05, 3.63) is 83.8 Å². The highest BCUT2D eigenvalue weighted by Crippen LogP contribution is 2.40. The number of hydrogen-bond donors (Lipinski definition) is 0. The van der Waals surface area contributed by atoms with Crippen LogP contribution >= 0.6 is 11.3 Å². The zero-order valence-corrected chi connectivity index (χ0v) is 17.5. The van der Waals surface area contributed by atoms with Gasteiger partial charge in [-0.2, -0.15) is 4.73 Å². The number of sulfone groups is 1. The largest absolute Gasteiger partial charge is 0.619 e. The molecule has 0 radical (unpaired) electrons. The molecule has 0 amide bonds. The molecule has 0 unspecified atom stereocenters. The molecule has 0 atom stereocenters. The molecular weight excluding hydrogens is 404 g/mol. The molecule has 0 aliphatic carbocycles. The van der Waals surface area contributed by atoms with Gasteiger partial charge in [-0.3, -0.25) is 0 Å². The van der Waals surface area contributed by atoms with E-state index in [1.165, 1.54) is 30.0 Å². The van der Waals surface area contributed by atoms with Crippen LogP contribution in [0.15, 0.2) is 78.0 Å². The van der Waals surface area contributed by atoms with Crippen LogP contribution in [0.25, 0.3) is 32.3 Å². The average molecular weight is 423 g/mol. The van der Waals surface area contributed by atoms with Gasteiger partial charge < -0.3 is 5.21 Å². The molecule has 0 N–H and O–H groups in total. The zero-order chi connectivity index (χ0) is 20.6. The van der Waals surface area contributed by atoms with Gasteiger partial charge in [0.1, 0.15) is 5.01 Å². The Hall–Kier alpha value is -3.03. The Kier molecular flexibility index (Phi) is 4.94. The first-order valence-electron chi connectivity index (χ1n) is 8.89. The lowest BCUT2D eigenvalue weighted by atomic mass is 10.1.